The summed E-state index contributed by atoms with van der Waals surface area (Å²) in [5.41, 5.74) is 0. The van der Waals surface area contributed by atoms with Gasteiger partial charge in [-0.15, -0.1) is 26.4 Å². The van der Waals surface area contributed by atoms with Crippen LogP contribution in [0.5, 0.6) is 0 Å². The van der Waals surface area contributed by atoms with Crippen molar-refractivity contribution in [3.8, 4) is 0 Å². The van der Waals surface area contributed by atoms with Crippen LogP contribution >= 0.6 is 0 Å². The van der Waals surface area contributed by atoms with Crippen molar-refractivity contribution in [2.45, 2.75) is 79.1 Å². The standard InChI is InChI=1S/4C4H9O.Ge/c4*1-2-3-4-5;/h4*2-4H2,1H3;/q4*-1;+4. The fourth-order valence-corrected chi connectivity index (χ4v) is 0.577. The van der Waals surface area contributed by atoms with E-state index in [-0.39, 0.29) is 44.0 Å². The third-order valence-electron chi connectivity index (χ3n) is 1.99. The first-order valence-electron chi connectivity index (χ1n) is 7.98. The molecule has 0 amide bonds. The van der Waals surface area contributed by atoms with Crippen LogP contribution in [0.2, 0.25) is 0 Å². The molecule has 0 unspecified atom stereocenters. The Bertz CT molecular complexity index is 74.3. The first kappa shape index (κ1) is 33.1. The van der Waals surface area contributed by atoms with Gasteiger partial charge in [0.15, 0.2) is 0 Å². The fourth-order valence-electron chi connectivity index (χ4n) is 0.577. The van der Waals surface area contributed by atoms with Crippen molar-refractivity contribution < 1.29 is 20.4 Å². The van der Waals surface area contributed by atoms with Crippen LogP contribution < -0.4 is 20.4 Å². The zero-order valence-corrected chi connectivity index (χ0v) is 16.7. The van der Waals surface area contributed by atoms with E-state index in [9.17, 15) is 20.4 Å². The minimum absolute atomic E-state index is 0. The van der Waals surface area contributed by atoms with Crippen molar-refractivity contribution >= 4 is 17.6 Å². The Labute approximate surface area is 144 Å². The van der Waals surface area contributed by atoms with Gasteiger partial charge in [0.05, 0.1) is 0 Å². The molecule has 128 valence electrons. The van der Waals surface area contributed by atoms with Crippen molar-refractivity contribution in [1.29, 1.82) is 0 Å². The quantitative estimate of drug-likeness (QED) is 0.575. The SMILES string of the molecule is CCCC[O-].CCCC[O-].CCCC[O-].CCCC[O-].[Ge+4]. The summed E-state index contributed by atoms with van der Waals surface area (Å²) < 4.78 is 0. The maximum Gasteiger partial charge on any atom is 4.00 e. The van der Waals surface area contributed by atoms with Crippen LogP contribution in [0.25, 0.3) is 0 Å². The maximum atomic E-state index is 9.53. The Morgan fingerprint density at radius 2 is 0.571 bits per heavy atom. The number of hydrogen-bond donors (Lipinski definition) is 0. The summed E-state index contributed by atoms with van der Waals surface area (Å²) in [5, 5.41) is 38.1. The fraction of sp³-hybridized carbons (Fsp3) is 1.00. The van der Waals surface area contributed by atoms with Gasteiger partial charge in [0.1, 0.15) is 0 Å². The van der Waals surface area contributed by atoms with Crippen molar-refractivity contribution in [3.05, 3.63) is 0 Å². The molecule has 0 rings (SSSR count). The molecule has 4 nitrogen and oxygen atoms in total. The Hall–Kier alpha value is 0.383. The van der Waals surface area contributed by atoms with E-state index in [0.717, 1.165) is 51.4 Å². The smallest absolute Gasteiger partial charge is 0.854 e. The van der Waals surface area contributed by atoms with Crippen LogP contribution in [0, 0.1) is 0 Å². The Balaban J connectivity index is -0.0000000533. The van der Waals surface area contributed by atoms with Crippen LogP contribution in [0.4, 0.5) is 0 Å². The molecule has 0 saturated carbocycles. The first-order valence-corrected chi connectivity index (χ1v) is 7.98. The van der Waals surface area contributed by atoms with E-state index in [2.05, 4.69) is 0 Å². The van der Waals surface area contributed by atoms with Gasteiger partial charge in [-0.05, 0) is 0 Å². The van der Waals surface area contributed by atoms with Crippen LogP contribution in [-0.4, -0.2) is 44.0 Å². The average molecular weight is 365 g/mol. The van der Waals surface area contributed by atoms with Crippen molar-refractivity contribution in [1.82, 2.24) is 0 Å². The molecule has 0 N–H and O–H groups in total. The zero-order valence-electron chi connectivity index (χ0n) is 14.6. The van der Waals surface area contributed by atoms with E-state index in [0.29, 0.717) is 0 Å². The molecular weight excluding hydrogens is 329 g/mol. The van der Waals surface area contributed by atoms with Gasteiger partial charge in [-0.2, -0.15) is 0 Å². The molecule has 0 aliphatic rings. The van der Waals surface area contributed by atoms with E-state index in [1.807, 2.05) is 27.7 Å². The third kappa shape index (κ3) is 98.0. The molecule has 21 heavy (non-hydrogen) atoms. The number of rotatable bonds is 8. The monoisotopic (exact) mass is 366 g/mol. The predicted octanol–water partition coefficient (Wildman–Crippen LogP) is 0.206. The van der Waals surface area contributed by atoms with E-state index in [1.54, 1.807) is 0 Å². The minimum atomic E-state index is 0. The molecule has 0 spiro atoms. The number of hydrogen-bond acceptors (Lipinski definition) is 4. The summed E-state index contributed by atoms with van der Waals surface area (Å²) in [6.07, 6.45) is 7.46. The second-order valence-electron chi connectivity index (χ2n) is 4.23. The normalized spacial score (nSPS) is 8.00. The van der Waals surface area contributed by atoms with Gasteiger partial charge < -0.3 is 20.4 Å². The van der Waals surface area contributed by atoms with E-state index < -0.39 is 0 Å². The summed E-state index contributed by atoms with van der Waals surface area (Å²) in [4.78, 5) is 0. The summed E-state index contributed by atoms with van der Waals surface area (Å²) in [6, 6.07) is 0. The third-order valence-corrected chi connectivity index (χ3v) is 1.99. The second kappa shape index (κ2) is 49.9. The summed E-state index contributed by atoms with van der Waals surface area (Å²) in [6.45, 7) is 8.42. The predicted molar refractivity (Wildman–Crippen MR) is 84.9 cm³/mol. The summed E-state index contributed by atoms with van der Waals surface area (Å²) in [7, 11) is 0. The molecule has 5 heteroatoms. The number of unbranched alkanes of at least 4 members (excludes halogenated alkanes) is 4. The van der Waals surface area contributed by atoms with Gasteiger partial charge >= 0.3 is 17.6 Å². The Morgan fingerprint density at radius 1 is 0.429 bits per heavy atom. The van der Waals surface area contributed by atoms with Gasteiger partial charge in [0.25, 0.3) is 0 Å². The van der Waals surface area contributed by atoms with Crippen molar-refractivity contribution in [2.75, 3.05) is 26.4 Å². The van der Waals surface area contributed by atoms with Crippen LogP contribution in [0.3, 0.4) is 0 Å². The molecule has 0 saturated heterocycles. The van der Waals surface area contributed by atoms with E-state index in [4.69, 9.17) is 0 Å². The van der Waals surface area contributed by atoms with Gasteiger partial charge in [-0.25, -0.2) is 0 Å². The summed E-state index contributed by atoms with van der Waals surface area (Å²) >= 11 is 0. The molecule has 0 bridgehead atoms. The van der Waals surface area contributed by atoms with Gasteiger partial charge in [0.2, 0.25) is 0 Å². The minimum Gasteiger partial charge on any atom is -0.854 e. The topological polar surface area (TPSA) is 92.2 Å². The zero-order chi connectivity index (χ0) is 16.5. The van der Waals surface area contributed by atoms with Crippen LogP contribution in [0.1, 0.15) is 79.1 Å². The van der Waals surface area contributed by atoms with Gasteiger partial charge in [-0.3, -0.25) is 0 Å². The molecular formula is C16H36GeO4. The molecule has 0 aromatic heterocycles. The van der Waals surface area contributed by atoms with E-state index in [1.165, 1.54) is 0 Å². The molecule has 0 heterocycles. The average Bonchev–Trinajstić information content (AvgIpc) is 2.44. The second-order valence-corrected chi connectivity index (χ2v) is 4.23. The van der Waals surface area contributed by atoms with Gasteiger partial charge in [0, 0.05) is 0 Å². The maximum absolute atomic E-state index is 9.53. The summed E-state index contributed by atoms with van der Waals surface area (Å²) in [5.74, 6) is 0. The molecule has 0 aromatic carbocycles. The van der Waals surface area contributed by atoms with Crippen molar-refractivity contribution in [2.24, 2.45) is 0 Å². The Morgan fingerprint density at radius 3 is 0.571 bits per heavy atom. The van der Waals surface area contributed by atoms with Crippen LogP contribution in [-0.2, 0) is 0 Å². The molecule has 0 atom stereocenters. The van der Waals surface area contributed by atoms with E-state index >= 15 is 0 Å². The van der Waals surface area contributed by atoms with Crippen LogP contribution in [0.15, 0.2) is 0 Å². The Kier molecular flexibility index (Phi) is 78.7. The molecule has 0 fully saturated rings. The largest absolute Gasteiger partial charge is 4.00 e. The first-order chi connectivity index (χ1) is 9.66. The molecule has 0 radical (unpaired) electrons. The molecule has 0 aliphatic carbocycles. The molecule has 0 aromatic rings. The van der Waals surface area contributed by atoms with Crippen molar-refractivity contribution in [3.63, 3.8) is 0 Å². The van der Waals surface area contributed by atoms with Gasteiger partial charge in [-0.1, -0.05) is 79.1 Å². The molecule has 0 aliphatic heterocycles.